The van der Waals surface area contributed by atoms with Gasteiger partial charge in [-0.1, -0.05) is 0 Å². The van der Waals surface area contributed by atoms with Crippen molar-refractivity contribution < 1.29 is 0 Å². The quantitative estimate of drug-likeness (QED) is 0.749. The average Bonchev–Trinajstić information content (AvgIpc) is 2.40. The van der Waals surface area contributed by atoms with Gasteiger partial charge in [-0.3, -0.25) is 9.67 Å². The first kappa shape index (κ1) is 10.6. The summed E-state index contributed by atoms with van der Waals surface area (Å²) in [5, 5.41) is 5.17. The number of nitrogens with zero attached hydrogens (tertiary/aromatic N) is 2. The molecule has 2 rings (SSSR count). The number of hydrogen-bond donors (Lipinski definition) is 2. The van der Waals surface area contributed by atoms with Crippen LogP contribution in [0.5, 0.6) is 0 Å². The molecular weight excluding hydrogens is 212 g/mol. The number of aromatic amines is 2. The van der Waals surface area contributed by atoms with Crippen molar-refractivity contribution in [3.05, 3.63) is 15.3 Å². The van der Waals surface area contributed by atoms with Gasteiger partial charge in [0.25, 0.3) is 0 Å². The van der Waals surface area contributed by atoms with Gasteiger partial charge in [0.05, 0.1) is 0 Å². The number of hydrogen-bond acceptors (Lipinski definition) is 3. The van der Waals surface area contributed by atoms with Crippen LogP contribution in [0.3, 0.4) is 0 Å². The summed E-state index contributed by atoms with van der Waals surface area (Å²) in [6.07, 6.45) is 3.49. The van der Waals surface area contributed by atoms with E-state index in [1.54, 1.807) is 4.57 Å². The maximum atomic E-state index is 11.5. The molecule has 6 heteroatoms. The molecule has 1 aliphatic rings. The minimum Gasteiger partial charge on any atom is -0.302 e. The summed E-state index contributed by atoms with van der Waals surface area (Å²) in [5.41, 5.74) is -0.0268. The molecule has 1 saturated carbocycles. The lowest BCUT2D eigenvalue weighted by Crippen LogP contribution is -2.54. The average molecular weight is 228 g/mol. The first-order valence-electron chi connectivity index (χ1n) is 5.10. The van der Waals surface area contributed by atoms with Gasteiger partial charge in [0, 0.05) is 12.1 Å². The highest BCUT2D eigenvalue weighted by Crippen LogP contribution is 2.37. The summed E-state index contributed by atoms with van der Waals surface area (Å²) in [4.78, 5) is 13.7. The van der Waals surface area contributed by atoms with E-state index in [-0.39, 0.29) is 11.2 Å². The Kier molecular flexibility index (Phi) is 2.56. The van der Waals surface area contributed by atoms with Gasteiger partial charge in [0.15, 0.2) is 4.77 Å². The predicted octanol–water partition coefficient (Wildman–Crippen LogP) is 0.718. The molecule has 0 amide bonds. The summed E-state index contributed by atoms with van der Waals surface area (Å²) < 4.78 is 2.09. The van der Waals surface area contributed by atoms with Crippen LogP contribution < -0.4 is 5.69 Å². The van der Waals surface area contributed by atoms with Gasteiger partial charge < -0.3 is 4.90 Å². The van der Waals surface area contributed by atoms with Crippen LogP contribution in [-0.2, 0) is 6.54 Å². The largest absolute Gasteiger partial charge is 0.342 e. The Morgan fingerprint density at radius 1 is 1.47 bits per heavy atom. The second-order valence-corrected chi connectivity index (χ2v) is 4.81. The molecule has 15 heavy (non-hydrogen) atoms. The molecule has 1 aliphatic carbocycles. The topological polar surface area (TPSA) is 56.8 Å². The van der Waals surface area contributed by atoms with E-state index in [2.05, 4.69) is 29.2 Å². The fourth-order valence-corrected chi connectivity index (χ4v) is 2.30. The molecule has 2 N–H and O–H groups in total. The van der Waals surface area contributed by atoms with E-state index in [4.69, 9.17) is 12.2 Å². The van der Waals surface area contributed by atoms with Crippen molar-refractivity contribution in [1.29, 1.82) is 0 Å². The molecule has 0 aliphatic heterocycles. The lowest BCUT2D eigenvalue weighted by molar-refractivity contribution is 0.0411. The van der Waals surface area contributed by atoms with E-state index in [9.17, 15) is 4.79 Å². The van der Waals surface area contributed by atoms with Crippen molar-refractivity contribution >= 4 is 12.2 Å². The Balaban J connectivity index is 2.28. The lowest BCUT2D eigenvalue weighted by atomic mass is 9.75. The smallest absolute Gasteiger partial charge is 0.302 e. The van der Waals surface area contributed by atoms with Crippen molar-refractivity contribution in [2.75, 3.05) is 14.1 Å². The first-order chi connectivity index (χ1) is 7.05. The zero-order chi connectivity index (χ0) is 11.1. The van der Waals surface area contributed by atoms with Crippen LogP contribution in [-0.4, -0.2) is 39.3 Å². The molecule has 1 aromatic heterocycles. The standard InChI is InChI=1S/C9H16N4OS/c1-12(2)9(4-3-5-9)6-13-7(14)10-11-8(13)15/h3-6H2,1-2H3,(H,10,14)(H,11,15). The molecule has 0 aromatic carbocycles. The summed E-state index contributed by atoms with van der Waals surface area (Å²) in [7, 11) is 4.12. The molecule has 1 fully saturated rings. The van der Waals surface area contributed by atoms with Gasteiger partial charge >= 0.3 is 5.69 Å². The van der Waals surface area contributed by atoms with Crippen LogP contribution in [0, 0.1) is 4.77 Å². The zero-order valence-corrected chi connectivity index (χ0v) is 9.86. The van der Waals surface area contributed by atoms with E-state index >= 15 is 0 Å². The number of likely N-dealkylation sites (N-methyl/N-ethyl adjacent to an activating group) is 1. The van der Waals surface area contributed by atoms with E-state index in [1.807, 2.05) is 0 Å². The Morgan fingerprint density at radius 3 is 2.47 bits per heavy atom. The summed E-state index contributed by atoms with van der Waals surface area (Å²) in [6, 6.07) is 0. The lowest BCUT2D eigenvalue weighted by Gasteiger charge is -2.47. The second-order valence-electron chi connectivity index (χ2n) is 4.42. The fraction of sp³-hybridized carbons (Fsp3) is 0.778. The van der Waals surface area contributed by atoms with Crippen molar-refractivity contribution in [3.63, 3.8) is 0 Å². The molecule has 0 radical (unpaired) electrons. The van der Waals surface area contributed by atoms with E-state index in [0.717, 1.165) is 12.8 Å². The summed E-state index contributed by atoms with van der Waals surface area (Å²) in [5.74, 6) is 0. The monoisotopic (exact) mass is 228 g/mol. The third kappa shape index (κ3) is 1.68. The van der Waals surface area contributed by atoms with Crippen LogP contribution in [0.2, 0.25) is 0 Å². The highest BCUT2D eigenvalue weighted by molar-refractivity contribution is 7.71. The van der Waals surface area contributed by atoms with Crippen LogP contribution in [0.4, 0.5) is 0 Å². The molecule has 0 saturated heterocycles. The number of aromatic nitrogens is 3. The normalized spacial score (nSPS) is 19.1. The van der Waals surface area contributed by atoms with Crippen LogP contribution in [0.1, 0.15) is 19.3 Å². The van der Waals surface area contributed by atoms with E-state index in [1.165, 1.54) is 6.42 Å². The molecule has 1 aromatic rings. The molecule has 5 nitrogen and oxygen atoms in total. The van der Waals surface area contributed by atoms with Gasteiger partial charge in [-0.05, 0) is 45.6 Å². The SMILES string of the molecule is CN(C)C1(Cn2c(=O)[nH][nH]c2=S)CCC1. The molecular formula is C9H16N4OS. The van der Waals surface area contributed by atoms with Crippen LogP contribution in [0.25, 0.3) is 0 Å². The highest BCUT2D eigenvalue weighted by Gasteiger charge is 2.39. The first-order valence-corrected chi connectivity index (χ1v) is 5.51. The Hall–Kier alpha value is -0.880. The molecule has 0 spiro atoms. The van der Waals surface area contributed by atoms with Crippen molar-refractivity contribution in [3.8, 4) is 0 Å². The van der Waals surface area contributed by atoms with Gasteiger partial charge in [-0.2, -0.15) is 0 Å². The number of H-pyrrole nitrogens is 2. The van der Waals surface area contributed by atoms with Crippen LogP contribution in [0.15, 0.2) is 4.79 Å². The Bertz CT molecular complexity index is 424. The fourth-order valence-electron chi connectivity index (χ4n) is 2.10. The maximum Gasteiger partial charge on any atom is 0.342 e. The van der Waals surface area contributed by atoms with E-state index in [0.29, 0.717) is 11.3 Å². The minimum atomic E-state index is -0.145. The van der Waals surface area contributed by atoms with Crippen LogP contribution >= 0.6 is 12.2 Å². The Morgan fingerprint density at radius 2 is 2.13 bits per heavy atom. The molecule has 0 bridgehead atoms. The molecule has 1 heterocycles. The third-order valence-electron chi connectivity index (χ3n) is 3.45. The number of nitrogens with one attached hydrogen (secondary N) is 2. The van der Waals surface area contributed by atoms with Crippen molar-refractivity contribution in [2.45, 2.75) is 31.3 Å². The van der Waals surface area contributed by atoms with Gasteiger partial charge in [0.2, 0.25) is 0 Å². The predicted molar refractivity (Wildman–Crippen MR) is 60.5 cm³/mol. The van der Waals surface area contributed by atoms with Gasteiger partial charge in [-0.15, -0.1) is 0 Å². The highest BCUT2D eigenvalue weighted by atomic mass is 32.1. The molecule has 0 atom stereocenters. The molecule has 84 valence electrons. The third-order valence-corrected chi connectivity index (χ3v) is 3.77. The Labute approximate surface area is 93.1 Å². The summed E-state index contributed by atoms with van der Waals surface area (Å²) in [6.45, 7) is 0.678. The minimum absolute atomic E-state index is 0.118. The van der Waals surface area contributed by atoms with E-state index < -0.39 is 0 Å². The zero-order valence-electron chi connectivity index (χ0n) is 9.04. The molecule has 0 unspecified atom stereocenters. The van der Waals surface area contributed by atoms with Crippen molar-refractivity contribution in [2.24, 2.45) is 0 Å². The van der Waals surface area contributed by atoms with Crippen molar-refractivity contribution in [1.82, 2.24) is 19.7 Å². The maximum absolute atomic E-state index is 11.5. The van der Waals surface area contributed by atoms with Gasteiger partial charge in [-0.25, -0.2) is 9.89 Å². The second kappa shape index (κ2) is 3.61. The summed E-state index contributed by atoms with van der Waals surface area (Å²) >= 11 is 5.06. The number of rotatable bonds is 3. The van der Waals surface area contributed by atoms with Gasteiger partial charge in [0.1, 0.15) is 0 Å².